The quantitative estimate of drug-likeness (QED) is 0.874. The van der Waals surface area contributed by atoms with Gasteiger partial charge in [-0.25, -0.2) is 8.42 Å². The molecular formula is C16H25NO3S. The summed E-state index contributed by atoms with van der Waals surface area (Å²) in [5.41, 5.74) is 1.91. The van der Waals surface area contributed by atoms with Gasteiger partial charge in [0.1, 0.15) is 5.25 Å². The minimum absolute atomic E-state index is 0.00715. The van der Waals surface area contributed by atoms with Crippen LogP contribution in [0.4, 0.5) is 0 Å². The average Bonchev–Trinajstić information content (AvgIpc) is 2.47. The molecule has 4 nitrogen and oxygen atoms in total. The molecule has 0 saturated carbocycles. The van der Waals surface area contributed by atoms with E-state index in [1.807, 2.05) is 31.2 Å². The van der Waals surface area contributed by atoms with Crippen molar-refractivity contribution in [3.63, 3.8) is 0 Å². The predicted molar refractivity (Wildman–Crippen MR) is 85.1 cm³/mol. The van der Waals surface area contributed by atoms with Gasteiger partial charge in [0, 0.05) is 12.6 Å². The molecule has 5 heteroatoms. The first-order valence-corrected chi connectivity index (χ1v) is 9.33. The highest BCUT2D eigenvalue weighted by Crippen LogP contribution is 2.21. The zero-order valence-corrected chi connectivity index (χ0v) is 13.7. The SMILES string of the molecule is CCCNC1CCOCC1S(=O)(=O)Cc1ccccc1C. The summed E-state index contributed by atoms with van der Waals surface area (Å²) in [5, 5.41) is 2.92. The number of sulfone groups is 1. The van der Waals surface area contributed by atoms with E-state index in [1.165, 1.54) is 0 Å². The van der Waals surface area contributed by atoms with Crippen molar-refractivity contribution >= 4 is 9.84 Å². The predicted octanol–water partition coefficient (Wildman–Crippen LogP) is 2.07. The Balaban J connectivity index is 2.14. The zero-order chi connectivity index (χ0) is 15.3. The molecule has 0 bridgehead atoms. The molecule has 1 aromatic carbocycles. The van der Waals surface area contributed by atoms with Crippen LogP contribution >= 0.6 is 0 Å². The monoisotopic (exact) mass is 311 g/mol. The summed E-state index contributed by atoms with van der Waals surface area (Å²) in [6.45, 7) is 5.83. The van der Waals surface area contributed by atoms with E-state index >= 15 is 0 Å². The van der Waals surface area contributed by atoms with Gasteiger partial charge in [0.15, 0.2) is 9.84 Å². The third kappa shape index (κ3) is 4.28. The lowest BCUT2D eigenvalue weighted by Crippen LogP contribution is -2.50. The Bertz CT molecular complexity index is 556. The summed E-state index contributed by atoms with van der Waals surface area (Å²) in [5.74, 6) is 0.0952. The van der Waals surface area contributed by atoms with Crippen LogP contribution in [-0.4, -0.2) is 39.5 Å². The number of benzene rings is 1. The molecule has 118 valence electrons. The fourth-order valence-corrected chi connectivity index (χ4v) is 4.73. The first kappa shape index (κ1) is 16.5. The number of hydrogen-bond acceptors (Lipinski definition) is 4. The van der Waals surface area contributed by atoms with Crippen LogP contribution < -0.4 is 5.32 Å². The molecule has 21 heavy (non-hydrogen) atoms. The van der Waals surface area contributed by atoms with Gasteiger partial charge in [0.2, 0.25) is 0 Å². The standard InChI is InChI=1S/C16H25NO3S/c1-3-9-17-15-8-10-20-11-16(15)21(18,19)12-14-7-5-4-6-13(14)2/h4-7,15-17H,3,8-12H2,1-2H3. The topological polar surface area (TPSA) is 55.4 Å². The van der Waals surface area contributed by atoms with Crippen molar-refractivity contribution in [2.45, 2.75) is 43.7 Å². The molecule has 0 radical (unpaired) electrons. The van der Waals surface area contributed by atoms with Crippen LogP contribution in [0.1, 0.15) is 30.9 Å². The fourth-order valence-electron chi connectivity index (χ4n) is 2.72. The van der Waals surface area contributed by atoms with E-state index in [9.17, 15) is 8.42 Å². The van der Waals surface area contributed by atoms with Crippen LogP contribution in [0.15, 0.2) is 24.3 Å². The highest BCUT2D eigenvalue weighted by Gasteiger charge is 2.36. The normalized spacial score (nSPS) is 23.1. The van der Waals surface area contributed by atoms with Crippen LogP contribution in [0.25, 0.3) is 0 Å². The zero-order valence-electron chi connectivity index (χ0n) is 12.8. The van der Waals surface area contributed by atoms with Crippen LogP contribution in [0.5, 0.6) is 0 Å². The second-order valence-corrected chi connectivity index (χ2v) is 7.92. The Morgan fingerprint density at radius 2 is 2.10 bits per heavy atom. The van der Waals surface area contributed by atoms with Gasteiger partial charge in [-0.2, -0.15) is 0 Å². The smallest absolute Gasteiger partial charge is 0.161 e. The van der Waals surface area contributed by atoms with E-state index in [2.05, 4.69) is 12.2 Å². The van der Waals surface area contributed by atoms with Crippen molar-refractivity contribution in [2.24, 2.45) is 0 Å². The molecule has 1 N–H and O–H groups in total. The molecule has 0 aromatic heterocycles. The molecule has 0 spiro atoms. The van der Waals surface area contributed by atoms with E-state index in [-0.39, 0.29) is 11.8 Å². The molecule has 1 aromatic rings. The third-order valence-electron chi connectivity index (χ3n) is 4.04. The maximum atomic E-state index is 12.8. The minimum Gasteiger partial charge on any atom is -0.380 e. The van der Waals surface area contributed by atoms with Crippen molar-refractivity contribution in [3.05, 3.63) is 35.4 Å². The molecule has 0 aliphatic carbocycles. The van der Waals surface area contributed by atoms with E-state index in [4.69, 9.17) is 4.74 Å². The number of hydrogen-bond donors (Lipinski definition) is 1. The molecule has 0 amide bonds. The first-order valence-electron chi connectivity index (χ1n) is 7.62. The number of aryl methyl sites for hydroxylation is 1. The summed E-state index contributed by atoms with van der Waals surface area (Å²) in [7, 11) is -3.23. The molecular weight excluding hydrogens is 286 g/mol. The lowest BCUT2D eigenvalue weighted by molar-refractivity contribution is 0.0808. The molecule has 1 heterocycles. The van der Waals surface area contributed by atoms with Gasteiger partial charge in [-0.1, -0.05) is 31.2 Å². The highest BCUT2D eigenvalue weighted by molar-refractivity contribution is 7.91. The lowest BCUT2D eigenvalue weighted by Gasteiger charge is -2.32. The average molecular weight is 311 g/mol. The van der Waals surface area contributed by atoms with E-state index in [0.29, 0.717) is 13.2 Å². The number of nitrogens with one attached hydrogen (secondary N) is 1. The Kier molecular flexibility index (Phi) is 5.79. The van der Waals surface area contributed by atoms with Gasteiger partial charge in [-0.05, 0) is 37.4 Å². The van der Waals surface area contributed by atoms with E-state index in [1.54, 1.807) is 0 Å². The Hall–Kier alpha value is -0.910. The fraction of sp³-hybridized carbons (Fsp3) is 0.625. The van der Waals surface area contributed by atoms with Crippen molar-refractivity contribution < 1.29 is 13.2 Å². The Labute approximate surface area is 127 Å². The summed E-state index contributed by atoms with van der Waals surface area (Å²) < 4.78 is 30.9. The molecule has 1 aliphatic rings. The Morgan fingerprint density at radius 3 is 2.81 bits per heavy atom. The van der Waals surface area contributed by atoms with Crippen LogP contribution in [-0.2, 0) is 20.3 Å². The van der Waals surface area contributed by atoms with Crippen molar-refractivity contribution in [3.8, 4) is 0 Å². The molecule has 1 fully saturated rings. The number of rotatable bonds is 6. The van der Waals surface area contributed by atoms with E-state index in [0.717, 1.165) is 30.5 Å². The molecule has 1 saturated heterocycles. The summed E-state index contributed by atoms with van der Waals surface area (Å²) in [4.78, 5) is 0. The van der Waals surface area contributed by atoms with Crippen molar-refractivity contribution in [2.75, 3.05) is 19.8 Å². The largest absolute Gasteiger partial charge is 0.380 e. The van der Waals surface area contributed by atoms with Gasteiger partial charge < -0.3 is 10.1 Å². The van der Waals surface area contributed by atoms with Gasteiger partial charge >= 0.3 is 0 Å². The van der Waals surface area contributed by atoms with Gasteiger partial charge in [-0.15, -0.1) is 0 Å². The van der Waals surface area contributed by atoms with Crippen molar-refractivity contribution in [1.82, 2.24) is 5.32 Å². The third-order valence-corrected chi connectivity index (χ3v) is 6.14. The second-order valence-electron chi connectivity index (χ2n) is 5.70. The summed E-state index contributed by atoms with van der Waals surface area (Å²) in [6.07, 6.45) is 1.76. The van der Waals surface area contributed by atoms with Crippen LogP contribution in [0.2, 0.25) is 0 Å². The van der Waals surface area contributed by atoms with E-state index < -0.39 is 15.1 Å². The maximum absolute atomic E-state index is 12.8. The second kappa shape index (κ2) is 7.38. The molecule has 1 aliphatic heterocycles. The van der Waals surface area contributed by atoms with Crippen molar-refractivity contribution in [1.29, 1.82) is 0 Å². The number of ether oxygens (including phenoxy) is 1. The molecule has 2 unspecified atom stereocenters. The maximum Gasteiger partial charge on any atom is 0.161 e. The summed E-state index contributed by atoms with van der Waals surface area (Å²) in [6, 6.07) is 7.68. The van der Waals surface area contributed by atoms with Crippen LogP contribution in [0, 0.1) is 6.92 Å². The summed E-state index contributed by atoms with van der Waals surface area (Å²) >= 11 is 0. The lowest BCUT2D eigenvalue weighted by atomic mass is 10.1. The van der Waals surface area contributed by atoms with Gasteiger partial charge in [0.25, 0.3) is 0 Å². The van der Waals surface area contributed by atoms with Gasteiger partial charge in [0.05, 0.1) is 12.4 Å². The molecule has 2 rings (SSSR count). The Morgan fingerprint density at radius 1 is 1.33 bits per heavy atom. The highest BCUT2D eigenvalue weighted by atomic mass is 32.2. The minimum atomic E-state index is -3.23. The first-order chi connectivity index (χ1) is 10.0. The van der Waals surface area contributed by atoms with Crippen LogP contribution in [0.3, 0.4) is 0 Å². The molecule has 2 atom stereocenters. The van der Waals surface area contributed by atoms with Gasteiger partial charge in [-0.3, -0.25) is 0 Å².